The summed E-state index contributed by atoms with van der Waals surface area (Å²) < 4.78 is 33.4. The molecular formula is C44H32N2O2P2. The number of benzene rings is 7. The van der Waals surface area contributed by atoms with Crippen LogP contribution in [0.4, 0.5) is 0 Å². The molecule has 0 amide bonds. The van der Waals surface area contributed by atoms with E-state index >= 15 is 9.13 Å². The molecule has 4 nitrogen and oxygen atoms in total. The number of nitrogens with zero attached hydrogens (tertiary/aromatic N) is 2. The molecule has 0 unspecified atom stereocenters. The second-order valence-electron chi connectivity index (χ2n) is 12.6. The Morgan fingerprint density at radius 2 is 0.800 bits per heavy atom. The molecule has 240 valence electrons. The summed E-state index contributed by atoms with van der Waals surface area (Å²) in [4.78, 5) is 4.88. The topological polar surface area (TPSA) is 51.4 Å². The van der Waals surface area contributed by atoms with Gasteiger partial charge in [-0.1, -0.05) is 140 Å². The fourth-order valence-corrected chi connectivity index (χ4v) is 12.8. The van der Waals surface area contributed by atoms with Gasteiger partial charge in [0.25, 0.3) is 0 Å². The van der Waals surface area contributed by atoms with Gasteiger partial charge in [0.2, 0.25) is 0 Å². The van der Waals surface area contributed by atoms with Gasteiger partial charge < -0.3 is 13.7 Å². The highest BCUT2D eigenvalue weighted by atomic mass is 31.2. The molecule has 0 saturated carbocycles. The lowest BCUT2D eigenvalue weighted by molar-refractivity contribution is 0.591. The van der Waals surface area contributed by atoms with Crippen LogP contribution in [-0.4, -0.2) is 11.1 Å². The Morgan fingerprint density at radius 1 is 0.420 bits per heavy atom. The monoisotopic (exact) mass is 682 g/mol. The fraction of sp³-hybridized carbons (Fsp3) is 0.0227. The van der Waals surface area contributed by atoms with Crippen LogP contribution in [0.1, 0.15) is 0 Å². The molecule has 0 spiro atoms. The highest BCUT2D eigenvalue weighted by Gasteiger charge is 2.33. The van der Waals surface area contributed by atoms with Crippen LogP contribution < -0.4 is 42.4 Å². The van der Waals surface area contributed by atoms with Gasteiger partial charge >= 0.3 is 0 Å². The quantitative estimate of drug-likeness (QED) is 0.184. The third-order valence-corrected chi connectivity index (χ3v) is 15.9. The van der Waals surface area contributed by atoms with E-state index in [9.17, 15) is 0 Å². The summed E-state index contributed by atoms with van der Waals surface area (Å²) in [7, 11) is -6.51. The van der Waals surface area contributed by atoms with Crippen molar-refractivity contribution in [1.82, 2.24) is 4.57 Å². The molecule has 1 aliphatic rings. The number of rotatable bonds is 7. The number of para-hydroxylation sites is 1. The number of hydrogen-bond acceptors (Lipinski definition) is 3. The molecule has 8 aromatic rings. The summed E-state index contributed by atoms with van der Waals surface area (Å²) in [6.45, 7) is 0.542. The number of hydrogen-bond donors (Lipinski definition) is 0. The summed E-state index contributed by atoms with van der Waals surface area (Å²) >= 11 is 0. The van der Waals surface area contributed by atoms with Crippen molar-refractivity contribution in [2.45, 2.75) is 0 Å². The molecule has 0 aliphatic carbocycles. The van der Waals surface area contributed by atoms with Crippen LogP contribution in [0.3, 0.4) is 0 Å². The van der Waals surface area contributed by atoms with Crippen molar-refractivity contribution < 1.29 is 9.13 Å². The predicted molar refractivity (Wildman–Crippen MR) is 209 cm³/mol. The van der Waals surface area contributed by atoms with Crippen LogP contribution in [0.2, 0.25) is 0 Å². The van der Waals surface area contributed by atoms with Crippen molar-refractivity contribution in [3.05, 3.63) is 193 Å². The Balaban J connectivity index is 1.37. The smallest absolute Gasteiger partial charge is 0.171 e. The van der Waals surface area contributed by atoms with Gasteiger partial charge in [0.1, 0.15) is 0 Å². The Labute approximate surface area is 290 Å². The lowest BCUT2D eigenvalue weighted by Crippen LogP contribution is -2.25. The largest absolute Gasteiger partial charge is 0.310 e. The second-order valence-corrected chi connectivity index (χ2v) is 18.1. The summed E-state index contributed by atoms with van der Waals surface area (Å²) in [5, 5.41) is 8.61. The van der Waals surface area contributed by atoms with E-state index in [0.717, 1.165) is 69.9 Å². The van der Waals surface area contributed by atoms with Gasteiger partial charge in [-0.3, -0.25) is 4.99 Å². The van der Waals surface area contributed by atoms with Gasteiger partial charge in [0.05, 0.1) is 28.6 Å². The molecular weight excluding hydrogens is 650 g/mol. The average molecular weight is 683 g/mol. The van der Waals surface area contributed by atoms with Crippen molar-refractivity contribution in [3.8, 4) is 0 Å². The van der Waals surface area contributed by atoms with Gasteiger partial charge in [-0.15, -0.1) is 0 Å². The number of aromatic nitrogens is 1. The third-order valence-electron chi connectivity index (χ3n) is 9.82. The van der Waals surface area contributed by atoms with E-state index in [1.54, 1.807) is 0 Å². The van der Waals surface area contributed by atoms with E-state index in [4.69, 9.17) is 4.99 Å². The van der Waals surface area contributed by atoms with Gasteiger partial charge in [0.15, 0.2) is 14.3 Å². The zero-order valence-electron chi connectivity index (χ0n) is 27.1. The maximum absolute atomic E-state index is 15.5. The van der Waals surface area contributed by atoms with Crippen molar-refractivity contribution >= 4 is 73.6 Å². The van der Waals surface area contributed by atoms with Crippen molar-refractivity contribution in [2.75, 3.05) is 6.54 Å². The molecule has 1 aromatic heterocycles. The lowest BCUT2D eigenvalue weighted by Gasteiger charge is -2.20. The van der Waals surface area contributed by atoms with E-state index in [1.165, 1.54) is 0 Å². The highest BCUT2D eigenvalue weighted by molar-refractivity contribution is 7.85. The average Bonchev–Trinajstić information content (AvgIpc) is 3.76. The van der Waals surface area contributed by atoms with Gasteiger partial charge in [-0.25, -0.2) is 0 Å². The molecule has 7 aromatic carbocycles. The van der Waals surface area contributed by atoms with E-state index < -0.39 is 14.3 Å². The normalized spacial score (nSPS) is 13.0. The molecule has 1 aliphatic heterocycles. The standard InChI is InChI=1S/C44H32N2O2P2/c47-49(32-15-5-1-6-16-32,33-17-7-2-8-18-33)36-25-27-42-39(29-36)40-30-37(50(48,34-19-9-3-10-20-34)35-21-11-4-12-22-35)26-28-43(40)46(42)44-31-45-41-24-14-13-23-38(41)44/h1-30H,31H2. The molecule has 50 heavy (non-hydrogen) atoms. The molecule has 0 fully saturated rings. The maximum Gasteiger partial charge on any atom is 0.171 e. The Hall–Kier alpha value is -5.53. The lowest BCUT2D eigenvalue weighted by atomic mass is 10.1. The second kappa shape index (κ2) is 12.1. The SMILES string of the molecule is O=P(c1ccccc1)(c1ccccc1)c1ccc2c(c1)c1cc(P(=O)(c3ccccc3)c3ccccc3)ccc1n2C1=c2ccccc2=NC1. The van der Waals surface area contributed by atoms with Gasteiger partial charge in [-0.2, -0.15) is 0 Å². The molecule has 0 atom stereocenters. The van der Waals surface area contributed by atoms with Crippen molar-refractivity contribution in [1.29, 1.82) is 0 Å². The van der Waals surface area contributed by atoms with Crippen molar-refractivity contribution in [3.63, 3.8) is 0 Å². The van der Waals surface area contributed by atoms with Crippen molar-refractivity contribution in [2.24, 2.45) is 4.99 Å². The van der Waals surface area contributed by atoms with Gasteiger partial charge in [-0.05, 0) is 42.5 Å². The predicted octanol–water partition coefficient (Wildman–Crippen LogP) is 6.36. The van der Waals surface area contributed by atoms with Crippen LogP contribution in [0.15, 0.2) is 187 Å². The van der Waals surface area contributed by atoms with E-state index in [1.807, 2.05) is 140 Å². The first kappa shape index (κ1) is 30.5. The minimum atomic E-state index is -3.26. The molecule has 0 saturated heterocycles. The Bertz CT molecular complexity index is 2540. The zero-order chi connectivity index (χ0) is 33.7. The summed E-state index contributed by atoms with van der Waals surface area (Å²) in [6.07, 6.45) is 0. The molecule has 2 heterocycles. The Morgan fingerprint density at radius 3 is 1.22 bits per heavy atom. The van der Waals surface area contributed by atoms with E-state index in [2.05, 4.69) is 47.0 Å². The fourth-order valence-electron chi connectivity index (χ4n) is 7.42. The van der Waals surface area contributed by atoms with Crippen LogP contribution in [0, 0.1) is 0 Å². The van der Waals surface area contributed by atoms with Gasteiger partial charge in [0, 0.05) is 47.8 Å². The summed E-state index contributed by atoms with van der Waals surface area (Å²) in [5.41, 5.74) is 3.07. The third kappa shape index (κ3) is 4.71. The van der Waals surface area contributed by atoms with E-state index in [-0.39, 0.29) is 0 Å². The van der Waals surface area contributed by atoms with Crippen LogP contribution in [-0.2, 0) is 9.13 Å². The first-order valence-electron chi connectivity index (χ1n) is 16.7. The van der Waals surface area contributed by atoms with Crippen LogP contribution in [0.5, 0.6) is 0 Å². The molecule has 0 bridgehead atoms. The molecule has 6 heteroatoms. The first-order chi connectivity index (χ1) is 24.6. The summed E-state index contributed by atoms with van der Waals surface area (Å²) in [5.74, 6) is 0. The summed E-state index contributed by atoms with van der Waals surface area (Å²) in [6, 6.07) is 59.8. The minimum absolute atomic E-state index is 0.542. The highest BCUT2D eigenvalue weighted by Crippen LogP contribution is 2.46. The molecule has 9 rings (SSSR count). The minimum Gasteiger partial charge on any atom is -0.310 e. The van der Waals surface area contributed by atoms with Crippen LogP contribution >= 0.6 is 14.3 Å². The Kier molecular flexibility index (Phi) is 7.39. The maximum atomic E-state index is 15.5. The zero-order valence-corrected chi connectivity index (χ0v) is 28.9. The van der Waals surface area contributed by atoms with Crippen LogP contribution in [0.25, 0.3) is 27.5 Å². The van der Waals surface area contributed by atoms with E-state index in [0.29, 0.717) is 6.54 Å². The molecule has 0 N–H and O–H groups in total. The number of fused-ring (bicyclic) bond motifs is 4. The first-order valence-corrected chi connectivity index (χ1v) is 20.1. The molecule has 0 radical (unpaired) electrons.